The highest BCUT2D eigenvalue weighted by Crippen LogP contribution is 2.22. The molecule has 0 bridgehead atoms. The SMILES string of the molecule is CN1CCN(c2cc(CNC(=O)CCN3C(=O)c4ccccc4C3=O)ccn2)CC1. The maximum atomic E-state index is 12.4. The summed E-state index contributed by atoms with van der Waals surface area (Å²) in [5, 5.41) is 2.87. The number of rotatable bonds is 6. The van der Waals surface area contributed by atoms with Crippen molar-refractivity contribution in [2.24, 2.45) is 0 Å². The van der Waals surface area contributed by atoms with Gasteiger partial charge in [-0.1, -0.05) is 12.1 Å². The molecule has 0 saturated carbocycles. The molecule has 2 aliphatic rings. The number of benzene rings is 1. The van der Waals surface area contributed by atoms with Crippen molar-refractivity contribution in [2.45, 2.75) is 13.0 Å². The minimum atomic E-state index is -0.339. The van der Waals surface area contributed by atoms with E-state index in [1.54, 1.807) is 30.5 Å². The second-order valence-corrected chi connectivity index (χ2v) is 7.65. The van der Waals surface area contributed by atoms with Crippen molar-refractivity contribution >= 4 is 23.5 Å². The summed E-state index contributed by atoms with van der Waals surface area (Å²) in [6, 6.07) is 10.6. The van der Waals surface area contributed by atoms with Gasteiger partial charge in [0.05, 0.1) is 11.1 Å². The number of piperazine rings is 1. The lowest BCUT2D eigenvalue weighted by molar-refractivity contribution is -0.121. The molecule has 4 rings (SSSR count). The maximum Gasteiger partial charge on any atom is 0.261 e. The van der Waals surface area contributed by atoms with Gasteiger partial charge in [-0.05, 0) is 36.9 Å². The predicted octanol–water partition coefficient (Wildman–Crippen LogP) is 1.14. The molecule has 156 valence electrons. The molecular formula is C22H25N5O3. The highest BCUT2D eigenvalue weighted by Gasteiger charge is 2.34. The number of anilines is 1. The molecule has 1 aromatic heterocycles. The Morgan fingerprint density at radius 3 is 2.37 bits per heavy atom. The standard InChI is InChI=1S/C22H25N5O3/c1-25-10-12-26(13-11-25)19-14-16(6-8-23-19)15-24-20(28)7-9-27-21(29)17-4-2-3-5-18(17)22(27)30/h2-6,8,14H,7,9-13,15H2,1H3,(H,24,28). The topological polar surface area (TPSA) is 85.9 Å². The minimum Gasteiger partial charge on any atom is -0.354 e. The fourth-order valence-electron chi connectivity index (χ4n) is 3.72. The zero-order valence-electron chi connectivity index (χ0n) is 17.0. The van der Waals surface area contributed by atoms with Crippen molar-refractivity contribution in [2.75, 3.05) is 44.7 Å². The van der Waals surface area contributed by atoms with Crippen LogP contribution >= 0.6 is 0 Å². The second kappa shape index (κ2) is 8.62. The van der Waals surface area contributed by atoms with E-state index in [4.69, 9.17) is 0 Å². The molecule has 8 nitrogen and oxygen atoms in total. The number of amides is 3. The van der Waals surface area contributed by atoms with E-state index in [-0.39, 0.29) is 30.7 Å². The van der Waals surface area contributed by atoms with Gasteiger partial charge in [0.15, 0.2) is 0 Å². The van der Waals surface area contributed by atoms with Gasteiger partial charge >= 0.3 is 0 Å². The van der Waals surface area contributed by atoms with Crippen LogP contribution < -0.4 is 10.2 Å². The van der Waals surface area contributed by atoms with E-state index in [1.807, 2.05) is 12.1 Å². The van der Waals surface area contributed by atoms with Gasteiger partial charge in [-0.2, -0.15) is 0 Å². The minimum absolute atomic E-state index is 0.0705. The number of nitrogens with zero attached hydrogens (tertiary/aromatic N) is 4. The molecule has 2 aromatic rings. The van der Waals surface area contributed by atoms with Crippen molar-refractivity contribution in [1.29, 1.82) is 0 Å². The number of fused-ring (bicyclic) bond motifs is 1. The van der Waals surface area contributed by atoms with E-state index in [0.717, 1.165) is 42.5 Å². The average molecular weight is 407 g/mol. The number of nitrogens with one attached hydrogen (secondary N) is 1. The van der Waals surface area contributed by atoms with E-state index in [1.165, 1.54) is 0 Å². The van der Waals surface area contributed by atoms with Crippen LogP contribution in [-0.2, 0) is 11.3 Å². The summed E-state index contributed by atoms with van der Waals surface area (Å²) < 4.78 is 0. The number of imide groups is 1. The molecule has 1 fully saturated rings. The number of aromatic nitrogens is 1. The van der Waals surface area contributed by atoms with Crippen molar-refractivity contribution in [3.05, 3.63) is 59.3 Å². The van der Waals surface area contributed by atoms with Gasteiger partial charge < -0.3 is 15.1 Å². The van der Waals surface area contributed by atoms with E-state index >= 15 is 0 Å². The number of pyridine rings is 1. The van der Waals surface area contributed by atoms with Gasteiger partial charge in [0.2, 0.25) is 5.91 Å². The van der Waals surface area contributed by atoms with E-state index < -0.39 is 0 Å². The highest BCUT2D eigenvalue weighted by molar-refractivity contribution is 6.21. The number of carbonyl (C=O) groups excluding carboxylic acids is 3. The molecule has 3 heterocycles. The second-order valence-electron chi connectivity index (χ2n) is 7.65. The van der Waals surface area contributed by atoms with Gasteiger partial charge in [0.1, 0.15) is 5.82 Å². The highest BCUT2D eigenvalue weighted by atomic mass is 16.2. The lowest BCUT2D eigenvalue weighted by Crippen LogP contribution is -2.44. The van der Waals surface area contributed by atoms with Gasteiger partial charge in [-0.15, -0.1) is 0 Å². The van der Waals surface area contributed by atoms with E-state index in [2.05, 4.69) is 27.1 Å². The third-order valence-electron chi connectivity index (χ3n) is 5.57. The summed E-state index contributed by atoms with van der Waals surface area (Å²) in [7, 11) is 2.11. The molecular weight excluding hydrogens is 382 g/mol. The summed E-state index contributed by atoms with van der Waals surface area (Å²) in [6.07, 6.45) is 1.83. The van der Waals surface area contributed by atoms with Crippen LogP contribution in [0, 0.1) is 0 Å². The van der Waals surface area contributed by atoms with Crippen molar-refractivity contribution in [3.63, 3.8) is 0 Å². The Balaban J connectivity index is 1.28. The molecule has 3 amide bonds. The predicted molar refractivity (Wildman–Crippen MR) is 112 cm³/mol. The van der Waals surface area contributed by atoms with Crippen LogP contribution in [0.5, 0.6) is 0 Å². The molecule has 0 atom stereocenters. The van der Waals surface area contributed by atoms with Crippen LogP contribution in [0.1, 0.15) is 32.7 Å². The Morgan fingerprint density at radius 2 is 1.70 bits per heavy atom. The van der Waals surface area contributed by atoms with Gasteiger partial charge in [-0.25, -0.2) is 4.98 Å². The average Bonchev–Trinajstić information content (AvgIpc) is 3.01. The summed E-state index contributed by atoms with van der Waals surface area (Å²) >= 11 is 0. The molecule has 1 N–H and O–H groups in total. The van der Waals surface area contributed by atoms with Gasteiger partial charge in [-0.3, -0.25) is 19.3 Å². The summed E-state index contributed by atoms with van der Waals surface area (Å²) in [4.78, 5) is 47.1. The van der Waals surface area contributed by atoms with Crippen molar-refractivity contribution < 1.29 is 14.4 Å². The fraction of sp³-hybridized carbons (Fsp3) is 0.364. The zero-order chi connectivity index (χ0) is 21.1. The summed E-state index contributed by atoms with van der Waals surface area (Å²) in [6.45, 7) is 4.31. The number of hydrogen-bond acceptors (Lipinski definition) is 6. The Labute approximate surface area is 175 Å². The molecule has 1 aromatic carbocycles. The molecule has 0 spiro atoms. The number of carbonyl (C=O) groups is 3. The number of hydrogen-bond donors (Lipinski definition) is 1. The molecule has 30 heavy (non-hydrogen) atoms. The largest absolute Gasteiger partial charge is 0.354 e. The Kier molecular flexibility index (Phi) is 5.76. The fourth-order valence-corrected chi connectivity index (χ4v) is 3.72. The van der Waals surface area contributed by atoms with Crippen LogP contribution in [0.15, 0.2) is 42.6 Å². The first kappa shape index (κ1) is 20.0. The molecule has 0 unspecified atom stereocenters. The zero-order valence-corrected chi connectivity index (χ0v) is 17.0. The van der Waals surface area contributed by atoms with Gasteiger partial charge in [0, 0.05) is 51.9 Å². The molecule has 0 radical (unpaired) electrons. The monoisotopic (exact) mass is 407 g/mol. The van der Waals surface area contributed by atoms with Crippen molar-refractivity contribution in [3.8, 4) is 0 Å². The maximum absolute atomic E-state index is 12.4. The van der Waals surface area contributed by atoms with E-state index in [9.17, 15) is 14.4 Å². The lowest BCUT2D eigenvalue weighted by atomic mass is 10.1. The third kappa shape index (κ3) is 4.18. The smallest absolute Gasteiger partial charge is 0.261 e. The first-order valence-electron chi connectivity index (χ1n) is 10.1. The Hall–Kier alpha value is -3.26. The van der Waals surface area contributed by atoms with Crippen LogP contribution in [0.2, 0.25) is 0 Å². The summed E-state index contributed by atoms with van der Waals surface area (Å²) in [5.74, 6) is 0.0362. The van der Waals surface area contributed by atoms with Crippen LogP contribution in [-0.4, -0.2) is 72.3 Å². The first-order valence-corrected chi connectivity index (χ1v) is 10.1. The van der Waals surface area contributed by atoms with Crippen LogP contribution in [0.4, 0.5) is 5.82 Å². The Bertz CT molecular complexity index is 934. The van der Waals surface area contributed by atoms with E-state index in [0.29, 0.717) is 17.7 Å². The normalized spacial score (nSPS) is 16.7. The molecule has 0 aliphatic carbocycles. The molecule has 8 heteroatoms. The van der Waals surface area contributed by atoms with Gasteiger partial charge in [0.25, 0.3) is 11.8 Å². The number of likely N-dealkylation sites (N-methyl/N-ethyl adjacent to an activating group) is 1. The summed E-state index contributed by atoms with van der Waals surface area (Å²) in [5.41, 5.74) is 1.76. The Morgan fingerprint density at radius 1 is 1.03 bits per heavy atom. The third-order valence-corrected chi connectivity index (χ3v) is 5.57. The molecule has 1 saturated heterocycles. The van der Waals surface area contributed by atoms with Crippen molar-refractivity contribution in [1.82, 2.24) is 20.1 Å². The quantitative estimate of drug-likeness (QED) is 0.723. The van der Waals surface area contributed by atoms with Crippen LogP contribution in [0.25, 0.3) is 0 Å². The van der Waals surface area contributed by atoms with Crippen LogP contribution in [0.3, 0.4) is 0 Å². The molecule has 2 aliphatic heterocycles. The first-order chi connectivity index (χ1) is 14.5. The lowest BCUT2D eigenvalue weighted by Gasteiger charge is -2.33.